The molecule has 0 bridgehead atoms. The molecule has 2 aromatic rings. The van der Waals surface area contributed by atoms with Crippen molar-refractivity contribution in [1.82, 2.24) is 5.32 Å². The molecule has 0 unspecified atom stereocenters. The van der Waals surface area contributed by atoms with E-state index in [1.54, 1.807) is 4.90 Å². The minimum absolute atomic E-state index is 0.129. The number of nitrogens with zero attached hydrogens (tertiary/aromatic N) is 1. The normalized spacial score (nSPS) is 17.9. The average Bonchev–Trinajstić information content (AvgIpc) is 2.86. The number of hydrogen-bond acceptors (Lipinski definition) is 3. The number of hydrogen-bond donors (Lipinski definition) is 1. The number of carbonyl (C=O) groups excluding carboxylic acids is 2. The van der Waals surface area contributed by atoms with E-state index in [2.05, 4.69) is 5.32 Å². The van der Waals surface area contributed by atoms with E-state index in [0.29, 0.717) is 13.1 Å². The van der Waals surface area contributed by atoms with Crippen molar-refractivity contribution in [3.05, 3.63) is 42.5 Å². The first-order valence-corrected chi connectivity index (χ1v) is 6.85. The topological polar surface area (TPSA) is 58.6 Å². The monoisotopic (exact) mass is 284 g/mol. The molecule has 3 rings (SSSR count). The zero-order valence-corrected chi connectivity index (χ0v) is 11.7. The summed E-state index contributed by atoms with van der Waals surface area (Å²) in [6, 6.07) is 13.8. The summed E-state index contributed by atoms with van der Waals surface area (Å²) in [5.41, 5.74) is 0.809. The molecule has 5 nitrogen and oxygen atoms in total. The lowest BCUT2D eigenvalue weighted by atomic mass is 10.1. The molecular weight excluding hydrogens is 268 g/mol. The SMILES string of the molecule is CC(=O)NC[C@H]1CN(c2ccc3ccccc3c2)C(=O)O1. The van der Waals surface area contributed by atoms with Crippen LogP contribution in [0.2, 0.25) is 0 Å². The zero-order chi connectivity index (χ0) is 14.8. The Kier molecular flexibility index (Phi) is 3.48. The summed E-state index contributed by atoms with van der Waals surface area (Å²) >= 11 is 0. The number of amides is 2. The Morgan fingerprint density at radius 2 is 2.05 bits per heavy atom. The van der Waals surface area contributed by atoms with Crippen molar-refractivity contribution >= 4 is 28.5 Å². The molecule has 1 aliphatic heterocycles. The first-order valence-electron chi connectivity index (χ1n) is 6.85. The van der Waals surface area contributed by atoms with E-state index in [-0.39, 0.29) is 18.1 Å². The number of anilines is 1. The molecule has 0 aromatic heterocycles. The summed E-state index contributed by atoms with van der Waals surface area (Å²) in [7, 11) is 0. The number of cyclic esters (lactones) is 1. The van der Waals surface area contributed by atoms with Gasteiger partial charge in [-0.2, -0.15) is 0 Å². The van der Waals surface area contributed by atoms with Crippen molar-refractivity contribution in [3.63, 3.8) is 0 Å². The lowest BCUT2D eigenvalue weighted by Gasteiger charge is -2.13. The molecule has 1 saturated heterocycles. The lowest BCUT2D eigenvalue weighted by Crippen LogP contribution is -2.33. The smallest absolute Gasteiger partial charge is 0.414 e. The van der Waals surface area contributed by atoms with Crippen LogP contribution in [-0.2, 0) is 9.53 Å². The first-order chi connectivity index (χ1) is 10.1. The highest BCUT2D eigenvalue weighted by atomic mass is 16.6. The van der Waals surface area contributed by atoms with Crippen molar-refractivity contribution in [2.24, 2.45) is 0 Å². The summed E-state index contributed by atoms with van der Waals surface area (Å²) in [6.07, 6.45) is -0.687. The minimum atomic E-state index is -0.374. The van der Waals surface area contributed by atoms with Gasteiger partial charge in [0.25, 0.3) is 0 Å². The van der Waals surface area contributed by atoms with Crippen LogP contribution in [0, 0.1) is 0 Å². The van der Waals surface area contributed by atoms with Crippen molar-refractivity contribution in [2.45, 2.75) is 13.0 Å². The average molecular weight is 284 g/mol. The maximum absolute atomic E-state index is 12.0. The van der Waals surface area contributed by atoms with Crippen molar-refractivity contribution < 1.29 is 14.3 Å². The minimum Gasteiger partial charge on any atom is -0.442 e. The summed E-state index contributed by atoms with van der Waals surface area (Å²) in [6.45, 7) is 2.22. The Labute approximate surface area is 122 Å². The van der Waals surface area contributed by atoms with Gasteiger partial charge < -0.3 is 10.1 Å². The summed E-state index contributed by atoms with van der Waals surface area (Å²) in [5, 5.41) is 4.87. The molecule has 0 saturated carbocycles. The third-order valence-corrected chi connectivity index (χ3v) is 3.50. The Bertz CT molecular complexity index is 699. The maximum atomic E-state index is 12.0. The standard InChI is InChI=1S/C16H16N2O3/c1-11(19)17-9-15-10-18(16(20)21-15)14-7-6-12-4-2-3-5-13(12)8-14/h2-8,15H,9-10H2,1H3,(H,17,19)/t15-/m0/s1. The molecule has 2 aromatic carbocycles. The fraction of sp³-hybridized carbons (Fsp3) is 0.250. The molecule has 0 aliphatic carbocycles. The van der Waals surface area contributed by atoms with Gasteiger partial charge >= 0.3 is 6.09 Å². The van der Waals surface area contributed by atoms with Gasteiger partial charge in [-0.15, -0.1) is 0 Å². The summed E-state index contributed by atoms with van der Waals surface area (Å²) in [4.78, 5) is 24.5. The third kappa shape index (κ3) is 2.81. The zero-order valence-electron chi connectivity index (χ0n) is 11.7. The number of benzene rings is 2. The van der Waals surface area contributed by atoms with Crippen LogP contribution in [0.1, 0.15) is 6.92 Å². The molecule has 5 heteroatoms. The predicted octanol–water partition coefficient (Wildman–Crippen LogP) is 2.30. The Balaban J connectivity index is 1.79. The second-order valence-electron chi connectivity index (χ2n) is 5.08. The van der Waals surface area contributed by atoms with Crippen LogP contribution in [0.15, 0.2) is 42.5 Å². The number of carbonyl (C=O) groups is 2. The summed E-state index contributed by atoms with van der Waals surface area (Å²) in [5.74, 6) is -0.129. The van der Waals surface area contributed by atoms with Gasteiger partial charge in [-0.05, 0) is 22.9 Å². The lowest BCUT2D eigenvalue weighted by molar-refractivity contribution is -0.119. The number of fused-ring (bicyclic) bond motifs is 1. The largest absolute Gasteiger partial charge is 0.442 e. The van der Waals surface area contributed by atoms with Gasteiger partial charge in [0, 0.05) is 12.6 Å². The molecule has 1 N–H and O–H groups in total. The van der Waals surface area contributed by atoms with E-state index in [0.717, 1.165) is 16.5 Å². The first kappa shape index (κ1) is 13.4. The highest BCUT2D eigenvalue weighted by Crippen LogP contribution is 2.25. The number of ether oxygens (including phenoxy) is 1. The Hall–Kier alpha value is -2.56. The number of rotatable bonds is 3. The molecule has 21 heavy (non-hydrogen) atoms. The van der Waals surface area contributed by atoms with Gasteiger partial charge in [0.2, 0.25) is 5.91 Å². The third-order valence-electron chi connectivity index (χ3n) is 3.50. The Morgan fingerprint density at radius 3 is 2.81 bits per heavy atom. The molecule has 1 heterocycles. The van der Waals surface area contributed by atoms with Gasteiger partial charge in [0.15, 0.2) is 0 Å². The van der Waals surface area contributed by atoms with Crippen molar-refractivity contribution in [2.75, 3.05) is 18.0 Å². The molecule has 1 fully saturated rings. The fourth-order valence-electron chi connectivity index (χ4n) is 2.44. The second-order valence-corrected chi connectivity index (χ2v) is 5.08. The van der Waals surface area contributed by atoms with Gasteiger partial charge in [-0.3, -0.25) is 9.69 Å². The molecular formula is C16H16N2O3. The Morgan fingerprint density at radius 1 is 1.29 bits per heavy atom. The van der Waals surface area contributed by atoms with E-state index in [4.69, 9.17) is 4.74 Å². The van der Waals surface area contributed by atoms with Crippen molar-refractivity contribution in [1.29, 1.82) is 0 Å². The molecule has 0 spiro atoms. The van der Waals surface area contributed by atoms with Gasteiger partial charge in [-0.1, -0.05) is 30.3 Å². The van der Waals surface area contributed by atoms with E-state index in [1.165, 1.54) is 6.92 Å². The number of nitrogens with one attached hydrogen (secondary N) is 1. The van der Waals surface area contributed by atoms with Crippen LogP contribution in [0.4, 0.5) is 10.5 Å². The highest BCUT2D eigenvalue weighted by Gasteiger charge is 2.32. The van der Waals surface area contributed by atoms with Crippen LogP contribution >= 0.6 is 0 Å². The van der Waals surface area contributed by atoms with E-state index in [9.17, 15) is 9.59 Å². The van der Waals surface area contributed by atoms with Gasteiger partial charge in [0.1, 0.15) is 6.10 Å². The van der Waals surface area contributed by atoms with Crippen LogP contribution in [0.25, 0.3) is 10.8 Å². The molecule has 0 radical (unpaired) electrons. The molecule has 1 aliphatic rings. The van der Waals surface area contributed by atoms with E-state index >= 15 is 0 Å². The second kappa shape index (κ2) is 5.44. The van der Waals surface area contributed by atoms with Gasteiger partial charge in [-0.25, -0.2) is 4.79 Å². The van der Waals surface area contributed by atoms with E-state index in [1.807, 2.05) is 42.5 Å². The fourth-order valence-corrected chi connectivity index (χ4v) is 2.44. The molecule has 2 amide bonds. The van der Waals surface area contributed by atoms with Crippen LogP contribution in [0.3, 0.4) is 0 Å². The van der Waals surface area contributed by atoms with Crippen LogP contribution in [-0.4, -0.2) is 31.2 Å². The van der Waals surface area contributed by atoms with Crippen LogP contribution < -0.4 is 10.2 Å². The molecule has 108 valence electrons. The van der Waals surface area contributed by atoms with E-state index < -0.39 is 0 Å². The quantitative estimate of drug-likeness (QED) is 0.941. The maximum Gasteiger partial charge on any atom is 0.414 e. The highest BCUT2D eigenvalue weighted by molar-refractivity contribution is 5.94. The summed E-state index contributed by atoms with van der Waals surface area (Å²) < 4.78 is 5.26. The van der Waals surface area contributed by atoms with Crippen LogP contribution in [0.5, 0.6) is 0 Å². The molecule has 1 atom stereocenters. The predicted molar refractivity (Wildman–Crippen MR) is 80.2 cm³/mol. The van der Waals surface area contributed by atoms with Gasteiger partial charge in [0.05, 0.1) is 13.1 Å². The van der Waals surface area contributed by atoms with Crippen molar-refractivity contribution in [3.8, 4) is 0 Å².